The summed E-state index contributed by atoms with van der Waals surface area (Å²) in [5.74, 6) is 0. The number of alkyl halides is 3. The Kier molecular flexibility index (Phi) is 3.66. The first kappa shape index (κ1) is 14.1. The predicted octanol–water partition coefficient (Wildman–Crippen LogP) is 1.45. The molecule has 0 amide bonds. The maximum absolute atomic E-state index is 12.4. The number of aryl methyl sites for hydroxylation is 2. The molecule has 0 saturated heterocycles. The summed E-state index contributed by atoms with van der Waals surface area (Å²) in [5, 5.41) is 14.8. The monoisotopic (exact) mass is 300 g/mol. The number of nitrogens with one attached hydrogen (secondary N) is 1. The zero-order chi connectivity index (χ0) is 14.9. The summed E-state index contributed by atoms with van der Waals surface area (Å²) < 4.78 is 40.1. The molecule has 114 valence electrons. The third-order valence-corrected chi connectivity index (χ3v) is 3.22. The predicted molar refractivity (Wildman–Crippen MR) is 67.1 cm³/mol. The molecule has 0 spiro atoms. The third-order valence-electron chi connectivity index (χ3n) is 3.22. The van der Waals surface area contributed by atoms with Crippen molar-refractivity contribution < 1.29 is 13.2 Å². The second kappa shape index (κ2) is 5.47. The number of hydrogen-bond acceptors (Lipinski definition) is 4. The van der Waals surface area contributed by atoms with Crippen LogP contribution in [0.15, 0.2) is 18.5 Å². The molecule has 6 nitrogen and oxygen atoms in total. The number of hydrogen-bond donors (Lipinski definition) is 1. The van der Waals surface area contributed by atoms with Gasteiger partial charge in [0.15, 0.2) is 5.69 Å². The van der Waals surface area contributed by atoms with Crippen molar-refractivity contribution >= 4 is 0 Å². The van der Waals surface area contributed by atoms with Crippen LogP contribution in [0.1, 0.15) is 24.2 Å². The van der Waals surface area contributed by atoms with Crippen LogP contribution in [0.3, 0.4) is 0 Å². The number of aromatic nitrogens is 5. The highest BCUT2D eigenvalue weighted by Gasteiger charge is 2.33. The second-order valence-electron chi connectivity index (χ2n) is 5.09. The molecule has 1 saturated carbocycles. The van der Waals surface area contributed by atoms with Crippen LogP contribution in [0.5, 0.6) is 0 Å². The highest BCUT2D eigenvalue weighted by Crippen LogP contribution is 2.27. The van der Waals surface area contributed by atoms with E-state index in [0.29, 0.717) is 25.7 Å². The van der Waals surface area contributed by atoms with Crippen LogP contribution >= 0.6 is 0 Å². The SMILES string of the molecule is FC(F)(F)c1ccn(CCn2cc(CNC3CC3)nn2)n1. The van der Waals surface area contributed by atoms with E-state index in [1.807, 2.05) is 0 Å². The van der Waals surface area contributed by atoms with E-state index in [1.54, 1.807) is 10.9 Å². The van der Waals surface area contributed by atoms with Gasteiger partial charge in [-0.15, -0.1) is 5.10 Å². The van der Waals surface area contributed by atoms with Gasteiger partial charge in [-0.1, -0.05) is 5.21 Å². The van der Waals surface area contributed by atoms with Crippen molar-refractivity contribution in [1.29, 1.82) is 0 Å². The standard InChI is InChI=1S/C12H15F3N6/c13-12(14,15)11-3-4-20(18-11)5-6-21-8-10(17-19-21)7-16-9-1-2-9/h3-4,8-9,16H,1-2,5-7H2. The first-order valence-corrected chi connectivity index (χ1v) is 6.74. The molecule has 1 aliphatic carbocycles. The van der Waals surface area contributed by atoms with Crippen molar-refractivity contribution in [3.8, 4) is 0 Å². The molecule has 1 N–H and O–H groups in total. The van der Waals surface area contributed by atoms with Gasteiger partial charge in [-0.05, 0) is 18.9 Å². The Labute approximate surface area is 118 Å². The van der Waals surface area contributed by atoms with Crippen molar-refractivity contribution in [2.45, 2.75) is 44.7 Å². The molecule has 2 aromatic heterocycles. The molecule has 1 fully saturated rings. The van der Waals surface area contributed by atoms with Gasteiger partial charge in [-0.25, -0.2) is 0 Å². The Morgan fingerprint density at radius 1 is 1.24 bits per heavy atom. The normalized spacial score (nSPS) is 15.6. The lowest BCUT2D eigenvalue weighted by Crippen LogP contribution is -2.15. The van der Waals surface area contributed by atoms with Crippen LogP contribution in [0.25, 0.3) is 0 Å². The van der Waals surface area contributed by atoms with Crippen molar-refractivity contribution in [2.24, 2.45) is 0 Å². The van der Waals surface area contributed by atoms with Gasteiger partial charge in [0.05, 0.1) is 18.8 Å². The Hall–Kier alpha value is -1.90. The Balaban J connectivity index is 1.51. The van der Waals surface area contributed by atoms with E-state index in [0.717, 1.165) is 11.8 Å². The Morgan fingerprint density at radius 3 is 2.67 bits per heavy atom. The van der Waals surface area contributed by atoms with E-state index in [9.17, 15) is 13.2 Å². The second-order valence-corrected chi connectivity index (χ2v) is 5.09. The Morgan fingerprint density at radius 2 is 2.00 bits per heavy atom. The number of halogens is 3. The summed E-state index contributed by atoms with van der Waals surface area (Å²) in [6.07, 6.45) is 1.11. The van der Waals surface area contributed by atoms with E-state index in [2.05, 4.69) is 20.7 Å². The lowest BCUT2D eigenvalue weighted by molar-refractivity contribution is -0.141. The number of nitrogens with zero attached hydrogens (tertiary/aromatic N) is 5. The zero-order valence-electron chi connectivity index (χ0n) is 11.2. The van der Waals surface area contributed by atoms with Crippen LogP contribution in [0.4, 0.5) is 13.2 Å². The van der Waals surface area contributed by atoms with E-state index in [1.165, 1.54) is 23.7 Å². The summed E-state index contributed by atoms with van der Waals surface area (Å²) in [6, 6.07) is 1.56. The molecule has 0 unspecified atom stereocenters. The fraction of sp³-hybridized carbons (Fsp3) is 0.583. The van der Waals surface area contributed by atoms with Crippen LogP contribution in [-0.4, -0.2) is 30.8 Å². The summed E-state index contributed by atoms with van der Waals surface area (Å²) in [4.78, 5) is 0. The summed E-state index contributed by atoms with van der Waals surface area (Å²) in [6.45, 7) is 1.41. The maximum atomic E-state index is 12.4. The molecule has 0 radical (unpaired) electrons. The summed E-state index contributed by atoms with van der Waals surface area (Å²) in [7, 11) is 0. The molecular formula is C12H15F3N6. The third kappa shape index (κ3) is 3.81. The van der Waals surface area contributed by atoms with E-state index in [4.69, 9.17) is 0 Å². The van der Waals surface area contributed by atoms with Gasteiger partial charge in [-0.2, -0.15) is 18.3 Å². The highest BCUT2D eigenvalue weighted by molar-refractivity contribution is 5.03. The molecule has 3 rings (SSSR count). The quantitative estimate of drug-likeness (QED) is 0.877. The van der Waals surface area contributed by atoms with Gasteiger partial charge in [0.2, 0.25) is 0 Å². The van der Waals surface area contributed by atoms with Crippen molar-refractivity contribution in [3.05, 3.63) is 29.8 Å². The van der Waals surface area contributed by atoms with E-state index < -0.39 is 11.9 Å². The summed E-state index contributed by atoms with van der Waals surface area (Å²) in [5.41, 5.74) is -0.0474. The average molecular weight is 300 g/mol. The molecule has 2 aromatic rings. The Bertz CT molecular complexity index is 598. The largest absolute Gasteiger partial charge is 0.435 e. The molecule has 1 aliphatic rings. The first-order chi connectivity index (χ1) is 10.0. The van der Waals surface area contributed by atoms with Crippen LogP contribution < -0.4 is 5.32 Å². The lowest BCUT2D eigenvalue weighted by Gasteiger charge is -2.03. The van der Waals surface area contributed by atoms with Gasteiger partial charge < -0.3 is 5.32 Å². The van der Waals surface area contributed by atoms with Crippen molar-refractivity contribution in [3.63, 3.8) is 0 Å². The fourth-order valence-corrected chi connectivity index (χ4v) is 1.91. The van der Waals surface area contributed by atoms with Crippen LogP contribution in [-0.2, 0) is 25.8 Å². The van der Waals surface area contributed by atoms with E-state index in [-0.39, 0.29) is 0 Å². The van der Waals surface area contributed by atoms with Crippen molar-refractivity contribution in [2.75, 3.05) is 0 Å². The zero-order valence-corrected chi connectivity index (χ0v) is 11.2. The molecular weight excluding hydrogens is 285 g/mol. The molecule has 21 heavy (non-hydrogen) atoms. The molecule has 0 aromatic carbocycles. The van der Waals surface area contributed by atoms with Crippen molar-refractivity contribution in [1.82, 2.24) is 30.1 Å². The molecule has 0 bridgehead atoms. The average Bonchev–Trinajstić information content (AvgIpc) is 2.95. The highest BCUT2D eigenvalue weighted by atomic mass is 19.4. The summed E-state index contributed by atoms with van der Waals surface area (Å²) >= 11 is 0. The van der Waals surface area contributed by atoms with Gasteiger partial charge in [-0.3, -0.25) is 9.36 Å². The smallest absolute Gasteiger partial charge is 0.308 e. The molecule has 9 heteroatoms. The first-order valence-electron chi connectivity index (χ1n) is 6.74. The lowest BCUT2D eigenvalue weighted by atomic mass is 10.4. The minimum absolute atomic E-state index is 0.314. The molecule has 0 aliphatic heterocycles. The fourth-order valence-electron chi connectivity index (χ4n) is 1.91. The van der Waals surface area contributed by atoms with Crippen LogP contribution in [0.2, 0.25) is 0 Å². The van der Waals surface area contributed by atoms with Gasteiger partial charge in [0.25, 0.3) is 0 Å². The van der Waals surface area contributed by atoms with Gasteiger partial charge in [0, 0.05) is 25.0 Å². The minimum Gasteiger partial charge on any atom is -0.308 e. The topological polar surface area (TPSA) is 60.6 Å². The number of rotatable bonds is 6. The molecule has 0 atom stereocenters. The van der Waals surface area contributed by atoms with Gasteiger partial charge >= 0.3 is 6.18 Å². The van der Waals surface area contributed by atoms with Crippen LogP contribution in [0, 0.1) is 0 Å². The van der Waals surface area contributed by atoms with E-state index >= 15 is 0 Å². The molecule has 2 heterocycles. The maximum Gasteiger partial charge on any atom is 0.435 e. The van der Waals surface area contributed by atoms with Gasteiger partial charge in [0.1, 0.15) is 0 Å². The minimum atomic E-state index is -4.40.